The van der Waals surface area contributed by atoms with E-state index >= 15 is 0 Å². The minimum absolute atomic E-state index is 0.0665. The Morgan fingerprint density at radius 2 is 1.62 bits per heavy atom. The number of ether oxygens (including phenoxy) is 1. The fourth-order valence-corrected chi connectivity index (χ4v) is 1.98. The summed E-state index contributed by atoms with van der Waals surface area (Å²) in [4.78, 5) is 21.8. The van der Waals surface area contributed by atoms with E-state index in [9.17, 15) is 19.8 Å². The lowest BCUT2D eigenvalue weighted by molar-refractivity contribution is -0.305. The van der Waals surface area contributed by atoms with E-state index in [1.165, 1.54) is 12.1 Å². The first-order chi connectivity index (χ1) is 10.1. The lowest BCUT2D eigenvalue weighted by Crippen LogP contribution is -2.21. The Morgan fingerprint density at radius 1 is 1.00 bits per heavy atom. The van der Waals surface area contributed by atoms with E-state index in [-0.39, 0.29) is 18.1 Å². The molecule has 1 aromatic rings. The number of benzene rings is 1. The maximum Gasteiger partial charge on any atom is 0.311 e. The Hall–Kier alpha value is -2.04. The standard InChI is InChI=1S/C16H22O5/c17-13-8-7-9-14(12-13)21-16(20)11-6-4-2-1-3-5-10-15(18)19/h7-9,12,17H,1-6,10-11H2,(H,18,19)/p-1. The predicted octanol–water partition coefficient (Wildman–Crippen LogP) is 2.17. The number of rotatable bonds is 10. The number of hydrogen-bond donors (Lipinski definition) is 1. The highest BCUT2D eigenvalue weighted by Crippen LogP contribution is 2.18. The predicted molar refractivity (Wildman–Crippen MR) is 75.7 cm³/mol. The van der Waals surface area contributed by atoms with Crippen molar-refractivity contribution in [2.75, 3.05) is 0 Å². The van der Waals surface area contributed by atoms with Crippen molar-refractivity contribution in [2.24, 2.45) is 0 Å². The van der Waals surface area contributed by atoms with Gasteiger partial charge < -0.3 is 19.7 Å². The molecule has 0 aromatic heterocycles. The summed E-state index contributed by atoms with van der Waals surface area (Å²) >= 11 is 0. The molecule has 0 amide bonds. The van der Waals surface area contributed by atoms with E-state index in [1.54, 1.807) is 12.1 Å². The van der Waals surface area contributed by atoms with E-state index in [2.05, 4.69) is 0 Å². The molecule has 5 heteroatoms. The first kappa shape index (κ1) is 17.0. The lowest BCUT2D eigenvalue weighted by atomic mass is 10.1. The van der Waals surface area contributed by atoms with Gasteiger partial charge in [0.1, 0.15) is 11.5 Å². The zero-order valence-electron chi connectivity index (χ0n) is 12.0. The number of carboxylic acid groups (broad SMARTS) is 1. The van der Waals surface area contributed by atoms with Gasteiger partial charge in [-0.2, -0.15) is 0 Å². The van der Waals surface area contributed by atoms with E-state index in [1.807, 2.05) is 0 Å². The van der Waals surface area contributed by atoms with Crippen LogP contribution in [0.4, 0.5) is 0 Å². The van der Waals surface area contributed by atoms with Crippen LogP contribution in [0.1, 0.15) is 51.4 Å². The Kier molecular flexibility index (Phi) is 7.94. The largest absolute Gasteiger partial charge is 0.550 e. The summed E-state index contributed by atoms with van der Waals surface area (Å²) in [7, 11) is 0. The van der Waals surface area contributed by atoms with Gasteiger partial charge in [0.15, 0.2) is 0 Å². The Labute approximate surface area is 124 Å². The third kappa shape index (κ3) is 8.68. The molecule has 5 nitrogen and oxygen atoms in total. The highest BCUT2D eigenvalue weighted by Gasteiger charge is 2.05. The lowest BCUT2D eigenvalue weighted by Gasteiger charge is -2.05. The Bertz CT molecular complexity index is 456. The monoisotopic (exact) mass is 293 g/mol. The molecule has 0 aliphatic rings. The zero-order valence-corrected chi connectivity index (χ0v) is 12.0. The molecule has 0 radical (unpaired) electrons. The summed E-state index contributed by atoms with van der Waals surface area (Å²) in [6.45, 7) is 0. The van der Waals surface area contributed by atoms with E-state index in [4.69, 9.17) is 4.74 Å². The van der Waals surface area contributed by atoms with E-state index in [0.717, 1.165) is 32.1 Å². The minimum atomic E-state index is -0.996. The number of esters is 1. The summed E-state index contributed by atoms with van der Waals surface area (Å²) in [5.74, 6) is -0.888. The second kappa shape index (κ2) is 9.80. The molecule has 0 spiro atoms. The van der Waals surface area contributed by atoms with Crippen molar-refractivity contribution in [2.45, 2.75) is 51.4 Å². The smallest absolute Gasteiger partial charge is 0.311 e. The number of carbonyl (C=O) groups excluding carboxylic acids is 2. The Morgan fingerprint density at radius 3 is 2.24 bits per heavy atom. The molecule has 116 valence electrons. The summed E-state index contributed by atoms with van der Waals surface area (Å²) in [6.07, 6.45) is 5.61. The number of aromatic hydroxyl groups is 1. The summed E-state index contributed by atoms with van der Waals surface area (Å²) in [5, 5.41) is 19.4. The van der Waals surface area contributed by atoms with Gasteiger partial charge in [-0.3, -0.25) is 4.79 Å². The van der Waals surface area contributed by atoms with Gasteiger partial charge in [-0.25, -0.2) is 0 Å². The van der Waals surface area contributed by atoms with Crippen LogP contribution in [0.3, 0.4) is 0 Å². The average molecular weight is 293 g/mol. The van der Waals surface area contributed by atoms with Crippen LogP contribution in [-0.4, -0.2) is 17.0 Å². The SMILES string of the molecule is O=C([O-])CCCCCCCCC(=O)Oc1cccc(O)c1. The maximum absolute atomic E-state index is 11.6. The molecule has 0 bridgehead atoms. The highest BCUT2D eigenvalue weighted by atomic mass is 16.5. The van der Waals surface area contributed by atoms with E-state index in [0.29, 0.717) is 18.6 Å². The van der Waals surface area contributed by atoms with Gasteiger partial charge >= 0.3 is 5.97 Å². The van der Waals surface area contributed by atoms with Gasteiger partial charge in [-0.15, -0.1) is 0 Å². The van der Waals surface area contributed by atoms with Gasteiger partial charge in [0.25, 0.3) is 0 Å². The fourth-order valence-electron chi connectivity index (χ4n) is 1.98. The van der Waals surface area contributed by atoms with Crippen LogP contribution in [0.15, 0.2) is 24.3 Å². The van der Waals surface area contributed by atoms with Crippen LogP contribution >= 0.6 is 0 Å². The number of aliphatic carboxylic acids is 1. The molecule has 1 rings (SSSR count). The summed E-state index contributed by atoms with van der Waals surface area (Å²) in [6, 6.07) is 6.15. The fraction of sp³-hybridized carbons (Fsp3) is 0.500. The molecule has 0 aliphatic carbocycles. The van der Waals surface area contributed by atoms with Crippen molar-refractivity contribution in [1.29, 1.82) is 0 Å². The molecule has 0 atom stereocenters. The molecule has 0 aliphatic heterocycles. The van der Waals surface area contributed by atoms with Crippen LogP contribution in [0, 0.1) is 0 Å². The van der Waals surface area contributed by atoms with Crippen LogP contribution < -0.4 is 9.84 Å². The van der Waals surface area contributed by atoms with Crippen molar-refractivity contribution < 1.29 is 24.5 Å². The number of hydrogen-bond acceptors (Lipinski definition) is 5. The van der Waals surface area contributed by atoms with Gasteiger partial charge in [0.2, 0.25) is 0 Å². The minimum Gasteiger partial charge on any atom is -0.550 e. The van der Waals surface area contributed by atoms with Crippen molar-refractivity contribution in [3.8, 4) is 11.5 Å². The van der Waals surface area contributed by atoms with Crippen LogP contribution in [0.5, 0.6) is 11.5 Å². The van der Waals surface area contributed by atoms with Crippen molar-refractivity contribution in [3.63, 3.8) is 0 Å². The maximum atomic E-state index is 11.6. The van der Waals surface area contributed by atoms with Gasteiger partial charge in [0.05, 0.1) is 0 Å². The van der Waals surface area contributed by atoms with Crippen molar-refractivity contribution in [3.05, 3.63) is 24.3 Å². The molecule has 21 heavy (non-hydrogen) atoms. The highest BCUT2D eigenvalue weighted by molar-refractivity contribution is 5.72. The first-order valence-corrected chi connectivity index (χ1v) is 7.27. The number of carbonyl (C=O) groups is 2. The molecule has 1 N–H and O–H groups in total. The van der Waals surface area contributed by atoms with Gasteiger partial charge in [0, 0.05) is 18.5 Å². The summed E-state index contributed by atoms with van der Waals surface area (Å²) in [5.41, 5.74) is 0. The van der Waals surface area contributed by atoms with Crippen molar-refractivity contribution in [1.82, 2.24) is 0 Å². The molecular weight excluding hydrogens is 272 g/mol. The van der Waals surface area contributed by atoms with Crippen molar-refractivity contribution >= 4 is 11.9 Å². The molecule has 0 heterocycles. The topological polar surface area (TPSA) is 86.7 Å². The average Bonchev–Trinajstić information content (AvgIpc) is 2.41. The molecule has 1 aromatic carbocycles. The number of phenols is 1. The van der Waals surface area contributed by atoms with Crippen LogP contribution in [0.2, 0.25) is 0 Å². The first-order valence-electron chi connectivity index (χ1n) is 7.27. The number of phenolic OH excluding ortho intramolecular Hbond substituents is 1. The van der Waals surface area contributed by atoms with Crippen LogP contribution in [0.25, 0.3) is 0 Å². The molecule has 0 unspecified atom stereocenters. The normalized spacial score (nSPS) is 10.3. The van der Waals surface area contributed by atoms with E-state index < -0.39 is 5.97 Å². The summed E-state index contributed by atoms with van der Waals surface area (Å²) < 4.78 is 5.10. The molecule has 0 saturated carbocycles. The molecular formula is C16H21O5-. The van der Waals surface area contributed by atoms with Gasteiger partial charge in [-0.05, 0) is 31.4 Å². The molecule has 0 saturated heterocycles. The Balaban J connectivity index is 2.02. The third-order valence-electron chi connectivity index (χ3n) is 3.06. The number of unbranched alkanes of at least 4 members (excludes halogenated alkanes) is 5. The second-order valence-corrected chi connectivity index (χ2v) is 4.96. The third-order valence-corrected chi connectivity index (χ3v) is 3.06. The zero-order chi connectivity index (χ0) is 15.5. The van der Waals surface area contributed by atoms with Crippen LogP contribution in [-0.2, 0) is 9.59 Å². The second-order valence-electron chi connectivity index (χ2n) is 4.96. The quantitative estimate of drug-likeness (QED) is 0.406. The number of carboxylic acids is 1. The van der Waals surface area contributed by atoms with Gasteiger partial charge in [-0.1, -0.05) is 31.7 Å². The molecule has 0 fully saturated rings.